The minimum absolute atomic E-state index is 0. The van der Waals surface area contributed by atoms with Gasteiger partial charge in [0.05, 0.1) is 0 Å². The smallest absolute Gasteiger partial charge is 0.191 e. The first-order chi connectivity index (χ1) is 8.33. The Morgan fingerprint density at radius 1 is 1.50 bits per heavy atom. The first-order valence-electron chi connectivity index (χ1n) is 6.25. The Kier molecular flexibility index (Phi) is 6.37. The van der Waals surface area contributed by atoms with Crippen LogP contribution < -0.4 is 10.6 Å². The SMILES string of the molecule is CCNC(=NCc1nncn1CC)NC1CC1.I. The highest BCUT2D eigenvalue weighted by Gasteiger charge is 2.22. The Bertz CT molecular complexity index is 385. The molecule has 1 aromatic rings. The number of guanidine groups is 1. The van der Waals surface area contributed by atoms with Crippen LogP contribution in [0.2, 0.25) is 0 Å². The van der Waals surface area contributed by atoms with E-state index in [1.165, 1.54) is 12.8 Å². The van der Waals surface area contributed by atoms with Crippen molar-refractivity contribution in [3.05, 3.63) is 12.2 Å². The number of aromatic nitrogens is 3. The Labute approximate surface area is 125 Å². The summed E-state index contributed by atoms with van der Waals surface area (Å²) in [6.45, 7) is 6.46. The third-order valence-electron chi connectivity index (χ3n) is 2.68. The van der Waals surface area contributed by atoms with Crippen LogP contribution in [0.15, 0.2) is 11.3 Å². The van der Waals surface area contributed by atoms with Crippen LogP contribution in [-0.2, 0) is 13.1 Å². The molecular weight excluding hydrogens is 343 g/mol. The predicted octanol–water partition coefficient (Wildman–Crippen LogP) is 1.13. The third kappa shape index (κ3) is 4.43. The minimum atomic E-state index is 0. The van der Waals surface area contributed by atoms with Gasteiger partial charge in [-0.15, -0.1) is 34.2 Å². The van der Waals surface area contributed by atoms with Crippen LogP contribution in [0, 0.1) is 0 Å². The molecule has 18 heavy (non-hydrogen) atoms. The van der Waals surface area contributed by atoms with Gasteiger partial charge < -0.3 is 15.2 Å². The van der Waals surface area contributed by atoms with Crippen molar-refractivity contribution in [1.29, 1.82) is 0 Å². The molecule has 0 bridgehead atoms. The molecule has 1 aromatic heterocycles. The van der Waals surface area contributed by atoms with Gasteiger partial charge in [0.1, 0.15) is 12.9 Å². The maximum absolute atomic E-state index is 4.52. The summed E-state index contributed by atoms with van der Waals surface area (Å²) in [6.07, 6.45) is 4.23. The zero-order valence-electron chi connectivity index (χ0n) is 10.9. The molecule has 6 nitrogen and oxygen atoms in total. The lowest BCUT2D eigenvalue weighted by atomic mass is 10.5. The van der Waals surface area contributed by atoms with Gasteiger partial charge in [-0.1, -0.05) is 0 Å². The lowest BCUT2D eigenvalue weighted by Crippen LogP contribution is -2.38. The van der Waals surface area contributed by atoms with Gasteiger partial charge in [-0.2, -0.15) is 0 Å². The highest BCUT2D eigenvalue weighted by atomic mass is 127. The summed E-state index contributed by atoms with van der Waals surface area (Å²) in [5.74, 6) is 1.78. The van der Waals surface area contributed by atoms with Crippen molar-refractivity contribution in [3.63, 3.8) is 0 Å². The Morgan fingerprint density at radius 3 is 2.89 bits per heavy atom. The van der Waals surface area contributed by atoms with Crippen LogP contribution in [0.1, 0.15) is 32.5 Å². The maximum Gasteiger partial charge on any atom is 0.191 e. The maximum atomic E-state index is 4.52. The molecule has 1 aliphatic rings. The first kappa shape index (κ1) is 15.2. The summed E-state index contributed by atoms with van der Waals surface area (Å²) in [7, 11) is 0. The van der Waals surface area contributed by atoms with E-state index in [2.05, 4.69) is 39.7 Å². The van der Waals surface area contributed by atoms with Crippen LogP contribution in [-0.4, -0.2) is 33.3 Å². The molecule has 1 heterocycles. The van der Waals surface area contributed by atoms with Crippen molar-refractivity contribution in [2.24, 2.45) is 4.99 Å². The Morgan fingerprint density at radius 2 is 2.28 bits per heavy atom. The molecule has 0 unspecified atom stereocenters. The van der Waals surface area contributed by atoms with Gasteiger partial charge >= 0.3 is 0 Å². The fraction of sp³-hybridized carbons (Fsp3) is 0.727. The predicted molar refractivity (Wildman–Crippen MR) is 82.1 cm³/mol. The number of rotatable bonds is 5. The van der Waals surface area contributed by atoms with Gasteiger partial charge in [0, 0.05) is 19.1 Å². The van der Waals surface area contributed by atoms with Gasteiger partial charge in [0.25, 0.3) is 0 Å². The monoisotopic (exact) mass is 364 g/mol. The van der Waals surface area contributed by atoms with E-state index >= 15 is 0 Å². The van der Waals surface area contributed by atoms with E-state index in [9.17, 15) is 0 Å². The molecule has 0 atom stereocenters. The summed E-state index contributed by atoms with van der Waals surface area (Å²) in [4.78, 5) is 4.52. The van der Waals surface area contributed by atoms with Gasteiger partial charge in [-0.25, -0.2) is 4.99 Å². The summed E-state index contributed by atoms with van der Waals surface area (Å²) >= 11 is 0. The molecule has 7 heteroatoms. The van der Waals surface area contributed by atoms with Gasteiger partial charge in [-0.05, 0) is 26.7 Å². The average Bonchev–Trinajstić information content (AvgIpc) is 3.03. The van der Waals surface area contributed by atoms with Crippen LogP contribution >= 0.6 is 24.0 Å². The molecule has 2 N–H and O–H groups in total. The molecule has 0 aliphatic heterocycles. The second-order valence-electron chi connectivity index (χ2n) is 4.15. The first-order valence-corrected chi connectivity index (χ1v) is 6.25. The molecule has 1 aliphatic carbocycles. The highest BCUT2D eigenvalue weighted by molar-refractivity contribution is 14.0. The van der Waals surface area contributed by atoms with Crippen molar-refractivity contribution in [2.45, 2.75) is 45.8 Å². The molecule has 102 valence electrons. The van der Waals surface area contributed by atoms with Crippen LogP contribution in [0.5, 0.6) is 0 Å². The van der Waals surface area contributed by atoms with Gasteiger partial charge in [-0.3, -0.25) is 0 Å². The number of halogens is 1. The van der Waals surface area contributed by atoms with Crippen molar-refractivity contribution in [1.82, 2.24) is 25.4 Å². The largest absolute Gasteiger partial charge is 0.357 e. The fourth-order valence-electron chi connectivity index (χ4n) is 1.56. The highest BCUT2D eigenvalue weighted by Crippen LogP contribution is 2.18. The van der Waals surface area contributed by atoms with E-state index in [1.54, 1.807) is 6.33 Å². The molecule has 1 saturated carbocycles. The van der Waals surface area contributed by atoms with Crippen molar-refractivity contribution in [2.75, 3.05) is 6.54 Å². The number of hydrogen-bond acceptors (Lipinski definition) is 3. The molecule has 1 fully saturated rings. The molecule has 0 saturated heterocycles. The van der Waals surface area contributed by atoms with Crippen LogP contribution in [0.25, 0.3) is 0 Å². The second kappa shape index (κ2) is 7.55. The number of nitrogens with zero attached hydrogens (tertiary/aromatic N) is 4. The number of aliphatic imine (C=N–C) groups is 1. The van der Waals surface area contributed by atoms with E-state index in [0.717, 1.165) is 24.9 Å². The summed E-state index contributed by atoms with van der Waals surface area (Å²) < 4.78 is 2.00. The van der Waals surface area contributed by atoms with Gasteiger partial charge in [0.2, 0.25) is 0 Å². The van der Waals surface area contributed by atoms with E-state index in [4.69, 9.17) is 0 Å². The van der Waals surface area contributed by atoms with E-state index in [1.807, 2.05) is 4.57 Å². The molecule has 2 rings (SSSR count). The molecule has 0 spiro atoms. The minimum Gasteiger partial charge on any atom is -0.357 e. The normalized spacial score (nSPS) is 15.1. The molecule has 0 aromatic carbocycles. The topological polar surface area (TPSA) is 67.1 Å². The zero-order valence-corrected chi connectivity index (χ0v) is 13.2. The summed E-state index contributed by atoms with van der Waals surface area (Å²) in [5, 5.41) is 14.6. The molecule has 0 radical (unpaired) electrons. The van der Waals surface area contributed by atoms with Crippen molar-refractivity contribution >= 4 is 29.9 Å². The summed E-state index contributed by atoms with van der Waals surface area (Å²) in [5.41, 5.74) is 0. The number of hydrogen-bond donors (Lipinski definition) is 2. The second-order valence-corrected chi connectivity index (χ2v) is 4.15. The quantitative estimate of drug-likeness (QED) is 0.467. The Hall–Kier alpha value is -0.860. The van der Waals surface area contributed by atoms with E-state index in [0.29, 0.717) is 12.6 Å². The van der Waals surface area contributed by atoms with Crippen LogP contribution in [0.3, 0.4) is 0 Å². The van der Waals surface area contributed by atoms with Gasteiger partial charge in [0.15, 0.2) is 11.8 Å². The van der Waals surface area contributed by atoms with E-state index in [-0.39, 0.29) is 24.0 Å². The third-order valence-corrected chi connectivity index (χ3v) is 2.68. The Balaban J connectivity index is 0.00000162. The zero-order chi connectivity index (χ0) is 12.1. The van der Waals surface area contributed by atoms with Crippen LogP contribution in [0.4, 0.5) is 0 Å². The standard InChI is InChI=1S/C11H20N6.HI/c1-3-12-11(15-9-5-6-9)13-7-10-16-14-8-17(10)4-2;/h8-9H,3-7H2,1-2H3,(H2,12,13,15);1H. The lowest BCUT2D eigenvalue weighted by Gasteiger charge is -2.10. The summed E-state index contributed by atoms with van der Waals surface area (Å²) in [6, 6.07) is 0.608. The fourth-order valence-corrected chi connectivity index (χ4v) is 1.56. The number of nitrogens with one attached hydrogen (secondary N) is 2. The lowest BCUT2D eigenvalue weighted by molar-refractivity contribution is 0.694. The molecule has 0 amide bonds. The van der Waals surface area contributed by atoms with Crippen molar-refractivity contribution in [3.8, 4) is 0 Å². The van der Waals surface area contributed by atoms with Crippen molar-refractivity contribution < 1.29 is 0 Å². The molecular formula is C11H21IN6. The van der Waals surface area contributed by atoms with E-state index < -0.39 is 0 Å². The average molecular weight is 364 g/mol. The number of aryl methyl sites for hydroxylation is 1.